The number of benzene rings is 2. The van der Waals surface area contributed by atoms with Gasteiger partial charge in [-0.3, -0.25) is 0 Å². The van der Waals surface area contributed by atoms with Gasteiger partial charge in [0.1, 0.15) is 0 Å². The predicted octanol–water partition coefficient (Wildman–Crippen LogP) is 3.92. The molecule has 0 saturated heterocycles. The highest BCUT2D eigenvalue weighted by molar-refractivity contribution is 6.31. The van der Waals surface area contributed by atoms with E-state index >= 15 is 0 Å². The van der Waals surface area contributed by atoms with E-state index in [0.29, 0.717) is 10.0 Å². The Morgan fingerprint density at radius 1 is 0.880 bits per heavy atom. The predicted molar refractivity (Wildman–Crippen MR) is 99.6 cm³/mol. The van der Waals surface area contributed by atoms with Crippen LogP contribution in [-0.2, 0) is 9.59 Å². The van der Waals surface area contributed by atoms with E-state index < -0.39 is 11.9 Å². The lowest BCUT2D eigenvalue weighted by atomic mass is 10.2. The second-order valence-corrected chi connectivity index (χ2v) is 5.31. The number of carboxylic acids is 2. The van der Waals surface area contributed by atoms with E-state index in [1.807, 2.05) is 0 Å². The van der Waals surface area contributed by atoms with Gasteiger partial charge in [0.05, 0.1) is 5.97 Å². The van der Waals surface area contributed by atoms with Crippen LogP contribution in [0.3, 0.4) is 0 Å². The number of carboxylic acid groups (broad SMARTS) is 2. The number of hydrogen-bond acceptors (Lipinski definition) is 3. The van der Waals surface area contributed by atoms with E-state index in [4.69, 9.17) is 28.3 Å². The van der Waals surface area contributed by atoms with Crippen LogP contribution < -0.4 is 11.3 Å². The van der Waals surface area contributed by atoms with Crippen LogP contribution in [0.1, 0.15) is 11.1 Å². The van der Waals surface area contributed by atoms with E-state index in [0.717, 1.165) is 23.3 Å². The van der Waals surface area contributed by atoms with Crippen LogP contribution in [0.25, 0.3) is 12.2 Å². The molecule has 0 aliphatic carbocycles. The Balaban J connectivity index is 0.000000443. The zero-order valence-corrected chi connectivity index (χ0v) is 14.9. The van der Waals surface area contributed by atoms with Gasteiger partial charge in [0.2, 0.25) is 0 Å². The third kappa shape index (κ3) is 10.7. The van der Waals surface area contributed by atoms with Crippen LogP contribution >= 0.6 is 23.2 Å². The van der Waals surface area contributed by atoms with Gasteiger partial charge in [-0.15, -0.1) is 0 Å². The summed E-state index contributed by atoms with van der Waals surface area (Å²) in [6.45, 7) is 0. The molecule has 132 valence electrons. The summed E-state index contributed by atoms with van der Waals surface area (Å²) in [6, 6.07) is 13.9. The van der Waals surface area contributed by atoms with Gasteiger partial charge in [-0.05, 0) is 47.5 Å². The molecule has 0 amide bonds. The number of quaternary nitrogens is 1. The van der Waals surface area contributed by atoms with E-state index in [1.165, 1.54) is 12.2 Å². The molecule has 0 heterocycles. The van der Waals surface area contributed by atoms with Crippen molar-refractivity contribution in [3.63, 3.8) is 0 Å². The lowest BCUT2D eigenvalue weighted by molar-refractivity contribution is -0.297. The summed E-state index contributed by atoms with van der Waals surface area (Å²) in [5.41, 5.74) is 1.52. The number of carbonyl (C=O) groups is 2. The van der Waals surface area contributed by atoms with Crippen LogP contribution in [0, 0.1) is 0 Å². The highest BCUT2D eigenvalue weighted by Gasteiger charge is 1.90. The first-order valence-electron chi connectivity index (χ1n) is 6.68. The van der Waals surface area contributed by atoms with Crippen molar-refractivity contribution in [3.05, 3.63) is 81.9 Å². The zero-order chi connectivity index (χ0) is 17.9. The van der Waals surface area contributed by atoms with Crippen molar-refractivity contribution in [1.82, 2.24) is 6.15 Å². The molecule has 0 fully saturated rings. The van der Waals surface area contributed by atoms with Gasteiger partial charge >= 0.3 is 5.97 Å². The summed E-state index contributed by atoms with van der Waals surface area (Å²) in [7, 11) is 0. The number of aliphatic carboxylic acids is 2. The standard InChI is InChI=1S/2C9H7ClO2.H3N/c2*10-8-3-1-2-7(6-8)4-5-9(11)12;/h2*1-6H,(H,11,12);1H3/b2*5-4+;. The SMILES string of the molecule is O=C(O)/C=C/c1cccc(Cl)c1.O=C([O-])/C=C/c1cccc(Cl)c1.[NH4+]. The van der Waals surface area contributed by atoms with Crippen molar-refractivity contribution in [3.8, 4) is 0 Å². The van der Waals surface area contributed by atoms with Crippen LogP contribution in [0.5, 0.6) is 0 Å². The maximum absolute atomic E-state index is 10.1. The van der Waals surface area contributed by atoms with Crippen molar-refractivity contribution in [2.75, 3.05) is 0 Å². The fourth-order valence-electron chi connectivity index (χ4n) is 1.55. The highest BCUT2D eigenvalue weighted by atomic mass is 35.5. The number of rotatable bonds is 4. The van der Waals surface area contributed by atoms with E-state index in [9.17, 15) is 14.7 Å². The molecule has 2 aromatic rings. The van der Waals surface area contributed by atoms with Gasteiger partial charge in [0.15, 0.2) is 0 Å². The molecule has 0 unspecified atom stereocenters. The molecule has 2 rings (SSSR count). The Labute approximate surface area is 155 Å². The van der Waals surface area contributed by atoms with Crippen LogP contribution in [0.2, 0.25) is 10.0 Å². The molecule has 0 aliphatic heterocycles. The largest absolute Gasteiger partial charge is 0.545 e. The molecule has 2 aromatic carbocycles. The third-order valence-corrected chi connectivity index (χ3v) is 3.00. The highest BCUT2D eigenvalue weighted by Crippen LogP contribution is 2.12. The van der Waals surface area contributed by atoms with Crippen LogP contribution in [-0.4, -0.2) is 17.0 Å². The Kier molecular flexibility index (Phi) is 10.6. The first-order valence-corrected chi connectivity index (χ1v) is 7.43. The summed E-state index contributed by atoms with van der Waals surface area (Å²) in [5.74, 6) is -2.18. The second kappa shape index (κ2) is 11.9. The number of carbonyl (C=O) groups excluding carboxylic acids is 1. The van der Waals surface area contributed by atoms with E-state index in [1.54, 1.807) is 48.5 Å². The summed E-state index contributed by atoms with van der Waals surface area (Å²) >= 11 is 11.3. The lowest BCUT2D eigenvalue weighted by Crippen LogP contribution is -2.18. The van der Waals surface area contributed by atoms with Crippen LogP contribution in [0.15, 0.2) is 60.7 Å². The smallest absolute Gasteiger partial charge is 0.328 e. The third-order valence-electron chi connectivity index (χ3n) is 2.53. The van der Waals surface area contributed by atoms with Crippen molar-refractivity contribution in [2.24, 2.45) is 0 Å². The topological polar surface area (TPSA) is 114 Å². The van der Waals surface area contributed by atoms with Gasteiger partial charge in [0.25, 0.3) is 0 Å². The van der Waals surface area contributed by atoms with Gasteiger partial charge in [-0.25, -0.2) is 4.79 Å². The second-order valence-electron chi connectivity index (χ2n) is 4.43. The summed E-state index contributed by atoms with van der Waals surface area (Å²) in [4.78, 5) is 20.2. The van der Waals surface area contributed by atoms with E-state index in [2.05, 4.69) is 0 Å². The Morgan fingerprint density at radius 2 is 1.32 bits per heavy atom. The molecule has 0 atom stereocenters. The van der Waals surface area contributed by atoms with Gasteiger partial charge in [0, 0.05) is 16.1 Å². The van der Waals surface area contributed by atoms with Gasteiger partial charge in [-0.2, -0.15) is 0 Å². The zero-order valence-electron chi connectivity index (χ0n) is 13.4. The van der Waals surface area contributed by atoms with Crippen molar-refractivity contribution in [1.29, 1.82) is 0 Å². The normalized spacial score (nSPS) is 10.0. The molecule has 7 heteroatoms. The molecule has 0 spiro atoms. The first kappa shape index (κ1) is 22.4. The minimum atomic E-state index is -1.21. The first-order chi connectivity index (χ1) is 11.4. The van der Waals surface area contributed by atoms with Crippen molar-refractivity contribution < 1.29 is 19.8 Å². The van der Waals surface area contributed by atoms with Gasteiger partial charge < -0.3 is 21.2 Å². The Morgan fingerprint density at radius 3 is 1.68 bits per heavy atom. The average Bonchev–Trinajstić information content (AvgIpc) is 2.52. The molecule has 25 heavy (non-hydrogen) atoms. The molecular formula is C18H17Cl2NO4. The molecule has 5 nitrogen and oxygen atoms in total. The molecule has 0 saturated carbocycles. The lowest BCUT2D eigenvalue weighted by Gasteiger charge is -1.94. The number of halogens is 2. The van der Waals surface area contributed by atoms with Crippen molar-refractivity contribution in [2.45, 2.75) is 0 Å². The maximum atomic E-state index is 10.1. The molecule has 0 bridgehead atoms. The molecule has 5 N–H and O–H groups in total. The monoisotopic (exact) mass is 381 g/mol. The van der Waals surface area contributed by atoms with Crippen molar-refractivity contribution >= 4 is 47.3 Å². The molecule has 0 aliphatic rings. The minimum absolute atomic E-state index is 0. The molecule has 0 radical (unpaired) electrons. The maximum Gasteiger partial charge on any atom is 0.328 e. The molecular weight excluding hydrogens is 365 g/mol. The number of hydrogen-bond donors (Lipinski definition) is 2. The van der Waals surface area contributed by atoms with Gasteiger partial charge in [-0.1, -0.05) is 53.5 Å². The van der Waals surface area contributed by atoms with Crippen LogP contribution in [0.4, 0.5) is 0 Å². The van der Waals surface area contributed by atoms with E-state index in [-0.39, 0.29) is 6.15 Å². The summed E-state index contributed by atoms with van der Waals surface area (Å²) < 4.78 is 0. The Hall–Kier alpha value is -2.60. The fourth-order valence-corrected chi connectivity index (χ4v) is 1.95. The summed E-state index contributed by atoms with van der Waals surface area (Å²) in [5, 5.41) is 19.5. The molecule has 0 aromatic heterocycles. The minimum Gasteiger partial charge on any atom is -0.545 e. The Bertz CT molecular complexity index is 708. The average molecular weight is 382 g/mol. The summed E-state index contributed by atoms with van der Waals surface area (Å²) in [6.07, 6.45) is 4.97. The fraction of sp³-hybridized carbons (Fsp3) is 0. The quantitative estimate of drug-likeness (QED) is 0.780.